The largest absolute Gasteiger partial charge is 0.222 e. The maximum atomic E-state index is 9.63. The normalized spacial score (nSPS) is 10.5. The van der Waals surface area contributed by atoms with Crippen LogP contribution in [-0.2, 0) is 0 Å². The number of nitriles is 1. The summed E-state index contributed by atoms with van der Waals surface area (Å²) in [6.07, 6.45) is 0. The number of hydrogen-bond donors (Lipinski definition) is 0. The average molecular weight is 287 g/mol. The van der Waals surface area contributed by atoms with Crippen molar-refractivity contribution >= 4 is 0 Å². The van der Waals surface area contributed by atoms with Gasteiger partial charge in [0, 0.05) is 5.56 Å². The molecule has 108 valence electrons. The highest BCUT2D eigenvalue weighted by Gasteiger charge is 2.17. The molecule has 0 radical (unpaired) electrons. The Labute approximate surface area is 130 Å². The predicted octanol–water partition coefficient (Wildman–Crippen LogP) is 4.34. The molecule has 1 heterocycles. The lowest BCUT2D eigenvalue weighted by Gasteiger charge is -2.05. The minimum absolute atomic E-state index is 0.574. The summed E-state index contributed by atoms with van der Waals surface area (Å²) in [6, 6.07) is 18.5. The lowest BCUT2D eigenvalue weighted by molar-refractivity contribution is 0.850. The maximum Gasteiger partial charge on any atom is 0.152 e. The first-order chi connectivity index (χ1) is 10.6. The van der Waals surface area contributed by atoms with E-state index in [9.17, 15) is 5.26 Å². The Morgan fingerprint density at radius 2 is 1.41 bits per heavy atom. The third-order valence-corrected chi connectivity index (χ3v) is 3.79. The standard InChI is InChI=1S/C19H17N3/c1-13-4-8-16(9-5-13)19-15(3)21-22(18(19)12-20)17-10-6-14(2)7-11-17/h4-11H,1-3H3. The number of aromatic nitrogens is 2. The fourth-order valence-corrected chi connectivity index (χ4v) is 2.57. The van der Waals surface area contributed by atoms with E-state index < -0.39 is 0 Å². The summed E-state index contributed by atoms with van der Waals surface area (Å²) < 4.78 is 1.73. The van der Waals surface area contributed by atoms with Crippen LogP contribution in [0.25, 0.3) is 16.8 Å². The lowest BCUT2D eigenvalue weighted by Crippen LogP contribution is -1.99. The van der Waals surface area contributed by atoms with Gasteiger partial charge in [0.25, 0.3) is 0 Å². The van der Waals surface area contributed by atoms with E-state index in [0.29, 0.717) is 5.69 Å². The molecule has 3 rings (SSSR count). The van der Waals surface area contributed by atoms with Crippen molar-refractivity contribution in [2.45, 2.75) is 20.8 Å². The van der Waals surface area contributed by atoms with Crippen molar-refractivity contribution in [1.82, 2.24) is 9.78 Å². The van der Waals surface area contributed by atoms with E-state index in [1.165, 1.54) is 11.1 Å². The van der Waals surface area contributed by atoms with Crippen LogP contribution in [-0.4, -0.2) is 9.78 Å². The Hall–Kier alpha value is -2.86. The van der Waals surface area contributed by atoms with Crippen LogP contribution in [0.1, 0.15) is 22.5 Å². The molecule has 0 unspecified atom stereocenters. The van der Waals surface area contributed by atoms with Gasteiger partial charge in [-0.2, -0.15) is 10.4 Å². The van der Waals surface area contributed by atoms with Crippen LogP contribution in [0.2, 0.25) is 0 Å². The van der Waals surface area contributed by atoms with Gasteiger partial charge in [0.2, 0.25) is 0 Å². The van der Waals surface area contributed by atoms with E-state index in [4.69, 9.17) is 0 Å². The number of benzene rings is 2. The molecule has 0 amide bonds. The zero-order valence-corrected chi connectivity index (χ0v) is 13.0. The summed E-state index contributed by atoms with van der Waals surface area (Å²) in [5.41, 5.74) is 6.66. The molecule has 0 atom stereocenters. The van der Waals surface area contributed by atoms with E-state index in [0.717, 1.165) is 22.5 Å². The molecule has 0 spiro atoms. The van der Waals surface area contributed by atoms with Crippen LogP contribution in [0.4, 0.5) is 0 Å². The summed E-state index contributed by atoms with van der Waals surface area (Å²) in [4.78, 5) is 0. The van der Waals surface area contributed by atoms with Crippen molar-refractivity contribution in [2.75, 3.05) is 0 Å². The van der Waals surface area contributed by atoms with Gasteiger partial charge in [-0.15, -0.1) is 0 Å². The van der Waals surface area contributed by atoms with Crippen LogP contribution < -0.4 is 0 Å². The second kappa shape index (κ2) is 5.50. The van der Waals surface area contributed by atoms with Gasteiger partial charge in [0.1, 0.15) is 6.07 Å². The second-order valence-electron chi connectivity index (χ2n) is 5.53. The van der Waals surface area contributed by atoms with Crippen molar-refractivity contribution in [2.24, 2.45) is 0 Å². The zero-order valence-electron chi connectivity index (χ0n) is 13.0. The molecule has 1 aromatic heterocycles. The maximum absolute atomic E-state index is 9.63. The van der Waals surface area contributed by atoms with Gasteiger partial charge in [0.05, 0.1) is 11.4 Å². The van der Waals surface area contributed by atoms with Gasteiger partial charge in [-0.1, -0.05) is 47.5 Å². The van der Waals surface area contributed by atoms with Crippen molar-refractivity contribution < 1.29 is 0 Å². The summed E-state index contributed by atoms with van der Waals surface area (Å²) >= 11 is 0. The van der Waals surface area contributed by atoms with Crippen molar-refractivity contribution in [3.8, 4) is 22.9 Å². The second-order valence-corrected chi connectivity index (χ2v) is 5.53. The van der Waals surface area contributed by atoms with Gasteiger partial charge in [-0.25, -0.2) is 4.68 Å². The van der Waals surface area contributed by atoms with Gasteiger partial charge < -0.3 is 0 Å². The average Bonchev–Trinajstić information content (AvgIpc) is 2.85. The Bertz CT molecular complexity index is 847. The highest BCUT2D eigenvalue weighted by atomic mass is 15.3. The number of nitrogens with zero attached hydrogens (tertiary/aromatic N) is 3. The minimum atomic E-state index is 0.574. The lowest BCUT2D eigenvalue weighted by atomic mass is 10.0. The van der Waals surface area contributed by atoms with Crippen LogP contribution >= 0.6 is 0 Å². The number of rotatable bonds is 2. The van der Waals surface area contributed by atoms with Gasteiger partial charge in [-0.05, 0) is 38.5 Å². The quantitative estimate of drug-likeness (QED) is 0.703. The molecular formula is C19H17N3. The van der Waals surface area contributed by atoms with Crippen LogP contribution in [0, 0.1) is 32.1 Å². The Balaban J connectivity index is 2.19. The molecule has 0 aliphatic carbocycles. The van der Waals surface area contributed by atoms with Crippen LogP contribution in [0.15, 0.2) is 48.5 Å². The van der Waals surface area contributed by atoms with Crippen molar-refractivity contribution in [3.63, 3.8) is 0 Å². The Kier molecular flexibility index (Phi) is 3.52. The van der Waals surface area contributed by atoms with Gasteiger partial charge in [0.15, 0.2) is 5.69 Å². The SMILES string of the molecule is Cc1ccc(-c2c(C)nn(-c3ccc(C)cc3)c2C#N)cc1. The number of aryl methyl sites for hydroxylation is 3. The van der Waals surface area contributed by atoms with Crippen molar-refractivity contribution in [3.05, 3.63) is 71.0 Å². The van der Waals surface area contributed by atoms with E-state index >= 15 is 0 Å². The Morgan fingerprint density at radius 1 is 0.864 bits per heavy atom. The highest BCUT2D eigenvalue weighted by molar-refractivity contribution is 5.72. The fourth-order valence-electron chi connectivity index (χ4n) is 2.57. The molecular weight excluding hydrogens is 270 g/mol. The van der Waals surface area contributed by atoms with E-state index in [1.807, 2.05) is 50.2 Å². The summed E-state index contributed by atoms with van der Waals surface area (Å²) in [5.74, 6) is 0. The molecule has 3 heteroatoms. The monoisotopic (exact) mass is 287 g/mol. The first-order valence-electron chi connectivity index (χ1n) is 7.24. The van der Waals surface area contributed by atoms with E-state index in [-0.39, 0.29) is 0 Å². The summed E-state index contributed by atoms with van der Waals surface area (Å²) in [7, 11) is 0. The van der Waals surface area contributed by atoms with E-state index in [1.54, 1.807) is 4.68 Å². The predicted molar refractivity (Wildman–Crippen MR) is 87.9 cm³/mol. The molecule has 22 heavy (non-hydrogen) atoms. The third kappa shape index (κ3) is 2.40. The van der Waals surface area contributed by atoms with Crippen LogP contribution in [0.3, 0.4) is 0 Å². The minimum Gasteiger partial charge on any atom is -0.222 e. The molecule has 2 aromatic carbocycles. The molecule has 0 aliphatic heterocycles. The third-order valence-electron chi connectivity index (χ3n) is 3.79. The molecule has 3 aromatic rings. The molecule has 0 bridgehead atoms. The molecule has 0 aliphatic rings. The molecule has 0 N–H and O–H groups in total. The smallest absolute Gasteiger partial charge is 0.152 e. The van der Waals surface area contributed by atoms with Crippen molar-refractivity contribution in [1.29, 1.82) is 5.26 Å². The summed E-state index contributed by atoms with van der Waals surface area (Å²) in [6.45, 7) is 6.04. The molecule has 0 saturated heterocycles. The summed E-state index contributed by atoms with van der Waals surface area (Å²) in [5, 5.41) is 14.2. The molecule has 0 fully saturated rings. The Morgan fingerprint density at radius 3 is 1.95 bits per heavy atom. The van der Waals surface area contributed by atoms with Gasteiger partial charge >= 0.3 is 0 Å². The van der Waals surface area contributed by atoms with Gasteiger partial charge in [-0.3, -0.25) is 0 Å². The first kappa shape index (κ1) is 14.1. The molecule has 3 nitrogen and oxygen atoms in total. The zero-order chi connectivity index (χ0) is 15.7. The topological polar surface area (TPSA) is 41.6 Å². The highest BCUT2D eigenvalue weighted by Crippen LogP contribution is 2.29. The number of hydrogen-bond acceptors (Lipinski definition) is 2. The van der Waals surface area contributed by atoms with E-state index in [2.05, 4.69) is 30.2 Å². The molecule has 0 saturated carbocycles. The van der Waals surface area contributed by atoms with Crippen LogP contribution in [0.5, 0.6) is 0 Å². The fraction of sp³-hybridized carbons (Fsp3) is 0.158. The first-order valence-corrected chi connectivity index (χ1v) is 7.24.